The van der Waals surface area contributed by atoms with Crippen LogP contribution < -0.4 is 0 Å². The van der Waals surface area contributed by atoms with Crippen molar-refractivity contribution in [3.05, 3.63) is 212 Å². The number of fused-ring (bicyclic) bond motifs is 12. The van der Waals surface area contributed by atoms with E-state index < -0.39 is 0 Å². The number of rotatable bonds is 6. The van der Waals surface area contributed by atoms with Gasteiger partial charge in [-0.15, -0.1) is 0 Å². The maximum atomic E-state index is 4.02. The van der Waals surface area contributed by atoms with Crippen molar-refractivity contribution in [1.29, 1.82) is 0 Å². The summed E-state index contributed by atoms with van der Waals surface area (Å²) >= 11 is 0. The van der Waals surface area contributed by atoms with Gasteiger partial charge in [-0.05, 0) is 131 Å². The van der Waals surface area contributed by atoms with Crippen molar-refractivity contribution < 1.29 is 0 Å². The summed E-state index contributed by atoms with van der Waals surface area (Å²) in [6.07, 6.45) is 8.19. The Morgan fingerprint density at radius 2 is 1.02 bits per heavy atom. The van der Waals surface area contributed by atoms with Crippen LogP contribution in [-0.4, -0.2) is 13.7 Å². The summed E-state index contributed by atoms with van der Waals surface area (Å²) in [5.74, 6) is 0. The number of hydrogen-bond donors (Lipinski definition) is 0. The summed E-state index contributed by atoms with van der Waals surface area (Å²) in [5, 5.41) is 7.46. The Hall–Kier alpha value is -7.62. The van der Waals surface area contributed by atoms with Crippen molar-refractivity contribution in [2.45, 2.75) is 26.2 Å². The molecule has 3 aromatic heterocycles. The quantitative estimate of drug-likeness (QED) is 0.149. The predicted octanol–water partition coefficient (Wildman–Crippen LogP) is 15.6. The number of hydrogen-bond acceptors (Lipinski definition) is 0. The number of allylic oxidation sites excluding steroid dienone is 5. The Kier molecular flexibility index (Phi) is 7.64. The fourth-order valence-corrected chi connectivity index (χ4v) is 10.6. The van der Waals surface area contributed by atoms with Crippen molar-refractivity contribution in [2.24, 2.45) is 0 Å². The molecule has 0 unspecified atom stereocenters. The molecule has 3 heterocycles. The van der Waals surface area contributed by atoms with Crippen LogP contribution in [0.1, 0.15) is 31.9 Å². The topological polar surface area (TPSA) is 14.8 Å². The van der Waals surface area contributed by atoms with Crippen LogP contribution in [0.5, 0.6) is 0 Å². The average molecular weight is 782 g/mol. The van der Waals surface area contributed by atoms with Gasteiger partial charge in [0.2, 0.25) is 0 Å². The number of para-hydroxylation sites is 3. The molecule has 1 aliphatic rings. The van der Waals surface area contributed by atoms with E-state index in [2.05, 4.69) is 229 Å². The van der Waals surface area contributed by atoms with Gasteiger partial charge in [0.1, 0.15) is 0 Å². The summed E-state index contributed by atoms with van der Waals surface area (Å²) in [5.41, 5.74) is 18.3. The van der Waals surface area contributed by atoms with Crippen LogP contribution in [0.25, 0.3) is 105 Å². The normalized spacial score (nSPS) is 13.7. The summed E-state index contributed by atoms with van der Waals surface area (Å²) in [7, 11) is 0. The third-order valence-electron chi connectivity index (χ3n) is 13.3. The second-order valence-electron chi connectivity index (χ2n) is 17.0. The smallest absolute Gasteiger partial charge is 0.0544 e. The number of aromatic nitrogens is 3. The molecule has 0 N–H and O–H groups in total. The van der Waals surface area contributed by atoms with E-state index in [9.17, 15) is 0 Å². The molecule has 0 saturated heterocycles. The minimum Gasteiger partial charge on any atom is -0.309 e. The van der Waals surface area contributed by atoms with Gasteiger partial charge in [0.05, 0.1) is 33.1 Å². The van der Waals surface area contributed by atoms with Gasteiger partial charge in [0.15, 0.2) is 0 Å². The van der Waals surface area contributed by atoms with Crippen LogP contribution in [-0.2, 0) is 5.41 Å². The zero-order chi connectivity index (χ0) is 41.0. The van der Waals surface area contributed by atoms with Crippen LogP contribution in [0, 0.1) is 0 Å². The van der Waals surface area contributed by atoms with Crippen molar-refractivity contribution in [1.82, 2.24) is 13.7 Å². The Labute approximate surface area is 355 Å². The molecule has 8 aromatic carbocycles. The van der Waals surface area contributed by atoms with Crippen molar-refractivity contribution in [3.8, 4) is 33.6 Å². The largest absolute Gasteiger partial charge is 0.309 e. The molecule has 0 amide bonds. The highest BCUT2D eigenvalue weighted by molar-refractivity contribution is 6.15. The van der Waals surface area contributed by atoms with Crippen molar-refractivity contribution in [3.63, 3.8) is 0 Å². The second-order valence-corrected chi connectivity index (χ2v) is 17.0. The minimum atomic E-state index is -0.123. The molecule has 12 rings (SSSR count). The molecule has 61 heavy (non-hydrogen) atoms. The van der Waals surface area contributed by atoms with E-state index in [0.29, 0.717) is 0 Å². The van der Waals surface area contributed by atoms with E-state index in [0.717, 1.165) is 17.1 Å². The summed E-state index contributed by atoms with van der Waals surface area (Å²) in [6.45, 7) is 10.8. The molecule has 0 radical (unpaired) electrons. The second kappa shape index (κ2) is 13.2. The predicted molar refractivity (Wildman–Crippen MR) is 260 cm³/mol. The highest BCUT2D eigenvalue weighted by atomic mass is 15.0. The average Bonchev–Trinajstić information content (AvgIpc) is 3.98. The molecule has 3 nitrogen and oxygen atoms in total. The lowest BCUT2D eigenvalue weighted by Gasteiger charge is -2.21. The first kappa shape index (κ1) is 35.3. The lowest BCUT2D eigenvalue weighted by atomic mass is 9.82. The molecule has 1 aliphatic carbocycles. The molecule has 0 aliphatic heterocycles. The van der Waals surface area contributed by atoms with Crippen LogP contribution >= 0.6 is 0 Å². The molecule has 0 bridgehead atoms. The maximum Gasteiger partial charge on any atom is 0.0544 e. The number of benzene rings is 8. The Bertz CT molecular complexity index is 3690. The van der Waals surface area contributed by atoms with Gasteiger partial charge < -0.3 is 13.7 Å². The van der Waals surface area contributed by atoms with E-state index in [1.54, 1.807) is 0 Å². The Balaban J connectivity index is 1.11. The SMILES string of the molecule is C=C/C=C(\C=C/C)n1c2ccccc2c2cc(-c3ccc4c(c3)c3cc5c(cc3n4-c3ccc4c(c3)c3ccccc3n4-c3ccccc3)C(C)(C)c3ccccc3-5)ccc21. The third-order valence-corrected chi connectivity index (χ3v) is 13.3. The monoisotopic (exact) mass is 781 g/mol. The van der Waals surface area contributed by atoms with E-state index >= 15 is 0 Å². The summed E-state index contributed by atoms with van der Waals surface area (Å²) in [6, 6.07) is 63.2. The molecule has 0 atom stereocenters. The molecule has 290 valence electrons. The Morgan fingerprint density at radius 3 is 1.77 bits per heavy atom. The molecular weight excluding hydrogens is 739 g/mol. The van der Waals surface area contributed by atoms with Gasteiger partial charge in [-0.3, -0.25) is 0 Å². The molecule has 0 spiro atoms. The number of nitrogens with zero attached hydrogens (tertiary/aromatic N) is 3. The molecular formula is C58H43N3. The first-order chi connectivity index (χ1) is 29.9. The van der Waals surface area contributed by atoms with Crippen LogP contribution in [0.3, 0.4) is 0 Å². The van der Waals surface area contributed by atoms with Gasteiger partial charge in [-0.1, -0.05) is 124 Å². The van der Waals surface area contributed by atoms with E-state index in [1.165, 1.54) is 98.8 Å². The van der Waals surface area contributed by atoms with E-state index in [-0.39, 0.29) is 5.41 Å². The van der Waals surface area contributed by atoms with E-state index in [4.69, 9.17) is 0 Å². The van der Waals surface area contributed by atoms with Crippen LogP contribution in [0.4, 0.5) is 0 Å². The van der Waals surface area contributed by atoms with Crippen molar-refractivity contribution >= 4 is 71.1 Å². The minimum absolute atomic E-state index is 0.123. The first-order valence-corrected chi connectivity index (χ1v) is 21.3. The van der Waals surface area contributed by atoms with E-state index in [1.807, 2.05) is 6.08 Å². The van der Waals surface area contributed by atoms with Gasteiger partial charge in [-0.25, -0.2) is 0 Å². The fourth-order valence-electron chi connectivity index (χ4n) is 10.6. The lowest BCUT2D eigenvalue weighted by molar-refractivity contribution is 0.661. The molecule has 0 saturated carbocycles. The third kappa shape index (κ3) is 5.04. The molecule has 0 fully saturated rings. The lowest BCUT2D eigenvalue weighted by Crippen LogP contribution is -2.14. The van der Waals surface area contributed by atoms with Crippen LogP contribution in [0.15, 0.2) is 201 Å². The fraction of sp³-hybridized carbons (Fsp3) is 0.0690. The standard InChI is InChI=1S/C58H43N3/c1-5-16-39(17-6-2)59-52-24-14-11-21-43(52)46-32-37(26-29-54(46)59)38-27-30-55-47(33-38)49-35-45-42-20-10-13-23-50(42)58(3,4)51(45)36-57(49)61(55)41-28-31-56-48(34-41)44-22-12-15-25-53(44)60(56)40-18-8-7-9-19-40/h5-36H,1H2,2-4H3/b17-6-,39-16+. The molecule has 3 heteroatoms. The van der Waals surface area contributed by atoms with Gasteiger partial charge in [-0.2, -0.15) is 0 Å². The van der Waals surface area contributed by atoms with Gasteiger partial charge >= 0.3 is 0 Å². The highest BCUT2D eigenvalue weighted by Crippen LogP contribution is 2.51. The zero-order valence-electron chi connectivity index (χ0n) is 34.5. The highest BCUT2D eigenvalue weighted by Gasteiger charge is 2.36. The zero-order valence-corrected chi connectivity index (χ0v) is 34.5. The van der Waals surface area contributed by atoms with Gasteiger partial charge in [0, 0.05) is 54.8 Å². The summed E-state index contributed by atoms with van der Waals surface area (Å²) < 4.78 is 7.25. The Morgan fingerprint density at radius 1 is 0.459 bits per heavy atom. The first-order valence-electron chi connectivity index (χ1n) is 21.3. The van der Waals surface area contributed by atoms with Gasteiger partial charge in [0.25, 0.3) is 0 Å². The molecule has 11 aromatic rings. The van der Waals surface area contributed by atoms with Crippen LogP contribution in [0.2, 0.25) is 0 Å². The maximum absolute atomic E-state index is 4.02. The summed E-state index contributed by atoms with van der Waals surface area (Å²) in [4.78, 5) is 0. The van der Waals surface area contributed by atoms with Crippen molar-refractivity contribution in [2.75, 3.05) is 0 Å².